The standard InChI is InChI=1S/C20H23F2N10O7PS/c21-8-6(1-33)38-19(32-5-28-11-16(32)29-20(24)30-17(11)35)13(8)40(36,41)37-2-7-12(34)9(22)18(39-7)31-4-27-10-14(23)25-3-26-15(10)31/h3-9,12-13,18-19,33-34H,1-2H2,(H,36,41)(H2,23,25,26)(H3,24,29,30,35)/t6-,7-,8+,9+,12-,13-,18-,19-,40?/m1/s1. The normalized spacial score (nSPS) is 31.7. The van der Waals surface area contributed by atoms with Crippen LogP contribution < -0.4 is 17.0 Å². The van der Waals surface area contributed by atoms with Gasteiger partial charge in [-0.3, -0.25) is 18.9 Å². The Bertz CT molecular complexity index is 1720. The molecule has 41 heavy (non-hydrogen) atoms. The van der Waals surface area contributed by atoms with Crippen molar-refractivity contribution in [2.45, 2.75) is 48.8 Å². The van der Waals surface area contributed by atoms with E-state index in [1.54, 1.807) is 0 Å². The summed E-state index contributed by atoms with van der Waals surface area (Å²) in [4.78, 5) is 45.6. The summed E-state index contributed by atoms with van der Waals surface area (Å²) in [5, 5.41) is 20.2. The summed E-state index contributed by atoms with van der Waals surface area (Å²) in [7, 11) is 0. The highest BCUT2D eigenvalue weighted by atomic mass is 32.5. The molecule has 6 rings (SSSR count). The van der Waals surface area contributed by atoms with E-state index in [2.05, 4.69) is 29.9 Å². The van der Waals surface area contributed by atoms with E-state index in [4.69, 9.17) is 37.3 Å². The molecule has 0 radical (unpaired) electrons. The molecule has 21 heteroatoms. The van der Waals surface area contributed by atoms with E-state index in [0.29, 0.717) is 0 Å². The van der Waals surface area contributed by atoms with Crippen molar-refractivity contribution in [3.8, 4) is 0 Å². The topological polar surface area (TPSA) is 248 Å². The maximum atomic E-state index is 15.5. The number of halogens is 2. The SMILES string of the molecule is Nc1nc2c(ncn2[C@@H]2O[C@H](CO)[C@H](F)[C@H]2P(O)(=S)OC[C@H]2O[C@@H](n3cnc4c(N)ncnc43)[C@@H](F)[C@@H]2O)c(=O)[nH]1. The molecule has 9 atom stereocenters. The molecule has 2 saturated heterocycles. The second kappa shape index (κ2) is 10.2. The Balaban J connectivity index is 1.25. The number of anilines is 2. The largest absolute Gasteiger partial charge is 0.394 e. The van der Waals surface area contributed by atoms with Gasteiger partial charge in [-0.2, -0.15) is 4.98 Å². The number of hydrogen-bond donors (Lipinski definition) is 6. The van der Waals surface area contributed by atoms with Gasteiger partial charge in [0.2, 0.25) is 5.95 Å². The minimum absolute atomic E-state index is 0.0621. The number of alkyl halides is 2. The fourth-order valence-electron chi connectivity index (χ4n) is 4.94. The Hall–Kier alpha value is -3.23. The molecule has 0 aliphatic carbocycles. The number of aromatic nitrogens is 8. The number of fused-ring (bicyclic) bond motifs is 2. The number of nitrogen functional groups attached to an aromatic ring is 2. The lowest BCUT2D eigenvalue weighted by molar-refractivity contribution is -0.0425. The molecule has 0 spiro atoms. The van der Waals surface area contributed by atoms with Gasteiger partial charge < -0.3 is 40.6 Å². The van der Waals surface area contributed by atoms with Gasteiger partial charge in [0.05, 0.1) is 25.9 Å². The Morgan fingerprint density at radius 3 is 2.46 bits per heavy atom. The van der Waals surface area contributed by atoms with E-state index in [0.717, 1.165) is 17.2 Å². The zero-order valence-electron chi connectivity index (χ0n) is 20.6. The highest BCUT2D eigenvalue weighted by Gasteiger charge is 2.54. The van der Waals surface area contributed by atoms with Crippen LogP contribution in [0.3, 0.4) is 0 Å². The quantitative estimate of drug-likeness (QED) is 0.131. The fourth-order valence-corrected chi connectivity index (χ4v) is 7.41. The molecule has 0 amide bonds. The summed E-state index contributed by atoms with van der Waals surface area (Å²) < 4.78 is 49.9. The average Bonchev–Trinajstić information content (AvgIpc) is 3.68. The van der Waals surface area contributed by atoms with Crippen molar-refractivity contribution in [3.63, 3.8) is 0 Å². The summed E-state index contributed by atoms with van der Waals surface area (Å²) in [6.45, 7) is -5.61. The number of rotatable bonds is 7. The fraction of sp³-hybridized carbons (Fsp3) is 0.500. The summed E-state index contributed by atoms with van der Waals surface area (Å²) in [6.07, 6.45) is -7.81. The van der Waals surface area contributed by atoms with Gasteiger partial charge in [-0.15, -0.1) is 0 Å². The number of nitrogens with one attached hydrogen (secondary N) is 1. The molecule has 0 saturated carbocycles. The second-order valence-electron chi connectivity index (χ2n) is 9.40. The van der Waals surface area contributed by atoms with Gasteiger partial charge >= 0.3 is 0 Å². The number of aliphatic hydroxyl groups is 2. The van der Waals surface area contributed by atoms with E-state index in [1.165, 1.54) is 10.9 Å². The van der Waals surface area contributed by atoms with Crippen LogP contribution in [-0.4, -0.2) is 104 Å². The number of aromatic amines is 1. The molecule has 220 valence electrons. The van der Waals surface area contributed by atoms with Crippen molar-refractivity contribution in [3.05, 3.63) is 29.3 Å². The van der Waals surface area contributed by atoms with E-state index >= 15 is 8.78 Å². The molecule has 4 aromatic heterocycles. The summed E-state index contributed by atoms with van der Waals surface area (Å²) in [6, 6.07) is 0. The summed E-state index contributed by atoms with van der Waals surface area (Å²) in [5.41, 5.74) is 9.29. The minimum Gasteiger partial charge on any atom is -0.394 e. The lowest BCUT2D eigenvalue weighted by Crippen LogP contribution is -2.34. The van der Waals surface area contributed by atoms with Crippen LogP contribution in [0.2, 0.25) is 0 Å². The van der Waals surface area contributed by atoms with Gasteiger partial charge in [-0.1, -0.05) is 0 Å². The molecule has 2 aliphatic heterocycles. The number of nitrogens with zero attached hydrogens (tertiary/aromatic N) is 7. The molecule has 0 aromatic carbocycles. The van der Waals surface area contributed by atoms with Gasteiger partial charge in [0.15, 0.2) is 47.7 Å². The van der Waals surface area contributed by atoms with Crippen LogP contribution in [0, 0.1) is 0 Å². The molecule has 1 unspecified atom stereocenters. The molecule has 2 aliphatic rings. The Kier molecular flexibility index (Phi) is 6.97. The predicted molar refractivity (Wildman–Crippen MR) is 139 cm³/mol. The van der Waals surface area contributed by atoms with Crippen LogP contribution >= 0.6 is 6.49 Å². The zero-order valence-corrected chi connectivity index (χ0v) is 22.3. The minimum atomic E-state index is -4.21. The molecule has 0 bridgehead atoms. The number of hydrogen-bond acceptors (Lipinski definition) is 14. The van der Waals surface area contributed by atoms with Gasteiger partial charge in [0, 0.05) is 0 Å². The third-order valence-electron chi connectivity index (χ3n) is 6.95. The molecule has 17 nitrogen and oxygen atoms in total. The third-order valence-corrected chi connectivity index (χ3v) is 9.81. The van der Waals surface area contributed by atoms with Gasteiger partial charge in [0.25, 0.3) is 5.56 Å². The first-order chi connectivity index (χ1) is 19.5. The molecular weight excluding hydrogens is 593 g/mol. The van der Waals surface area contributed by atoms with Crippen molar-refractivity contribution in [1.29, 1.82) is 0 Å². The van der Waals surface area contributed by atoms with Crippen LogP contribution in [0.5, 0.6) is 0 Å². The van der Waals surface area contributed by atoms with Crippen LogP contribution in [0.15, 0.2) is 23.8 Å². The van der Waals surface area contributed by atoms with Gasteiger partial charge in [0.1, 0.15) is 42.0 Å². The molecule has 2 fully saturated rings. The van der Waals surface area contributed by atoms with E-state index in [9.17, 15) is 19.9 Å². The lowest BCUT2D eigenvalue weighted by Gasteiger charge is -2.29. The summed E-state index contributed by atoms with van der Waals surface area (Å²) >= 11 is 5.31. The second-order valence-corrected chi connectivity index (χ2v) is 13.0. The number of nitrogens with two attached hydrogens (primary N) is 2. The van der Waals surface area contributed by atoms with E-state index < -0.39 is 74.0 Å². The van der Waals surface area contributed by atoms with E-state index in [-0.39, 0.29) is 34.1 Å². The van der Waals surface area contributed by atoms with Crippen molar-refractivity contribution >= 4 is 52.4 Å². The first-order valence-electron chi connectivity index (χ1n) is 12.0. The smallest absolute Gasteiger partial charge is 0.280 e. The van der Waals surface area contributed by atoms with Gasteiger partial charge in [-0.25, -0.2) is 28.7 Å². The van der Waals surface area contributed by atoms with Crippen LogP contribution in [0.1, 0.15) is 12.5 Å². The predicted octanol–water partition coefficient (Wildman–Crippen LogP) is -1.36. The summed E-state index contributed by atoms with van der Waals surface area (Å²) in [5.74, 6) is -0.191. The Labute approximate surface area is 232 Å². The monoisotopic (exact) mass is 616 g/mol. The Morgan fingerprint density at radius 1 is 1.05 bits per heavy atom. The zero-order chi connectivity index (χ0) is 29.2. The maximum absolute atomic E-state index is 15.5. The first kappa shape index (κ1) is 27.9. The van der Waals surface area contributed by atoms with Gasteiger partial charge in [-0.05, 0) is 11.8 Å². The molecular formula is C20H23F2N10O7PS. The lowest BCUT2D eigenvalue weighted by atomic mass is 10.1. The van der Waals surface area contributed by atoms with Crippen molar-refractivity contribution in [1.82, 2.24) is 39.0 Å². The molecule has 6 heterocycles. The Morgan fingerprint density at radius 2 is 1.73 bits per heavy atom. The number of ether oxygens (including phenoxy) is 2. The van der Waals surface area contributed by atoms with E-state index in [1.807, 2.05) is 0 Å². The molecule has 4 aromatic rings. The molecule has 8 N–H and O–H groups in total. The highest BCUT2D eigenvalue weighted by Crippen LogP contribution is 2.58. The van der Waals surface area contributed by atoms with Crippen LogP contribution in [0.4, 0.5) is 20.5 Å². The van der Waals surface area contributed by atoms with Crippen molar-refractivity contribution in [2.75, 3.05) is 24.7 Å². The highest BCUT2D eigenvalue weighted by molar-refractivity contribution is 8.09. The maximum Gasteiger partial charge on any atom is 0.280 e. The number of imidazole rings is 2. The van der Waals surface area contributed by atoms with Crippen LogP contribution in [0.25, 0.3) is 22.3 Å². The number of H-pyrrole nitrogens is 1. The third kappa shape index (κ3) is 4.56. The number of aliphatic hydroxyl groups excluding tert-OH is 2. The van der Waals surface area contributed by atoms with Crippen molar-refractivity contribution < 1.29 is 37.9 Å². The average molecular weight is 617 g/mol. The van der Waals surface area contributed by atoms with Crippen molar-refractivity contribution in [2.24, 2.45) is 0 Å². The van der Waals surface area contributed by atoms with Crippen LogP contribution in [-0.2, 0) is 25.8 Å². The first-order valence-corrected chi connectivity index (χ1v) is 14.8.